The van der Waals surface area contributed by atoms with E-state index in [1.807, 2.05) is 41.0 Å². The van der Waals surface area contributed by atoms with Crippen molar-refractivity contribution in [1.82, 2.24) is 19.5 Å². The highest BCUT2D eigenvalue weighted by Crippen LogP contribution is 2.57. The number of nitrogens with zero attached hydrogens (tertiary/aromatic N) is 4. The van der Waals surface area contributed by atoms with E-state index < -0.39 is 12.2 Å². The topological polar surface area (TPSA) is 126 Å². The zero-order valence-electron chi connectivity index (χ0n) is 20.2. The first-order valence-electron chi connectivity index (χ1n) is 12.3. The highest BCUT2D eigenvalue weighted by atomic mass is 16.5. The first kappa shape index (κ1) is 23.3. The number of hydrogen-bond donors (Lipinski definition) is 4. The maximum absolute atomic E-state index is 10.7. The van der Waals surface area contributed by atoms with Crippen LogP contribution in [0.25, 0.3) is 11.2 Å². The molecule has 9 nitrogen and oxygen atoms in total. The van der Waals surface area contributed by atoms with Crippen molar-refractivity contribution in [2.75, 3.05) is 19.0 Å². The van der Waals surface area contributed by atoms with Gasteiger partial charge in [-0.3, -0.25) is 0 Å². The Kier molecular flexibility index (Phi) is 5.91. The molecule has 2 aromatic carbocycles. The smallest absolute Gasteiger partial charge is 0.209 e. The van der Waals surface area contributed by atoms with Crippen molar-refractivity contribution < 1.29 is 20.1 Å². The molecule has 0 spiro atoms. The number of ether oxygens (including phenoxy) is 1. The molecule has 0 amide bonds. The largest absolute Gasteiger partial charge is 0.504 e. The van der Waals surface area contributed by atoms with Crippen molar-refractivity contribution in [3.8, 4) is 23.3 Å². The number of methoxy groups -OCH3 is 1. The molecule has 0 saturated heterocycles. The maximum atomic E-state index is 10.7. The Bertz CT molecular complexity index is 1510. The van der Waals surface area contributed by atoms with Crippen LogP contribution < -0.4 is 10.1 Å². The number of anilines is 1. The van der Waals surface area contributed by atoms with Crippen molar-refractivity contribution in [1.29, 1.82) is 0 Å². The SMILES string of the molecule is COc1cc(CCNc2nc(C#Cc3ccccc3)nc3c2ncn3[C@H]2[C@H](O)[C@H](O)[C@@H]3C[C@@H]32)ccc1O. The summed E-state index contributed by atoms with van der Waals surface area (Å²) < 4.78 is 7.08. The quantitative estimate of drug-likeness (QED) is 0.300. The number of fused-ring (bicyclic) bond motifs is 2. The molecular weight excluding hydrogens is 470 g/mol. The monoisotopic (exact) mass is 497 g/mol. The Labute approximate surface area is 213 Å². The van der Waals surface area contributed by atoms with E-state index in [-0.39, 0.29) is 23.6 Å². The normalized spacial score (nSPS) is 23.8. The van der Waals surface area contributed by atoms with Gasteiger partial charge in [0.15, 0.2) is 28.5 Å². The molecule has 188 valence electrons. The van der Waals surface area contributed by atoms with Gasteiger partial charge in [0.05, 0.1) is 25.6 Å². The van der Waals surface area contributed by atoms with Crippen LogP contribution in [0.3, 0.4) is 0 Å². The lowest BCUT2D eigenvalue weighted by molar-refractivity contribution is 0.00386. The average Bonchev–Trinajstić information content (AvgIpc) is 3.52. The van der Waals surface area contributed by atoms with Crippen LogP contribution in [0.5, 0.6) is 11.5 Å². The summed E-state index contributed by atoms with van der Waals surface area (Å²) in [6, 6.07) is 14.6. The lowest BCUT2D eigenvalue weighted by Gasteiger charge is -2.22. The van der Waals surface area contributed by atoms with Crippen LogP contribution in [-0.2, 0) is 6.42 Å². The summed E-state index contributed by atoms with van der Waals surface area (Å²) in [6.07, 6.45) is 1.62. The average molecular weight is 498 g/mol. The summed E-state index contributed by atoms with van der Waals surface area (Å²) in [5.41, 5.74) is 3.00. The third kappa shape index (κ3) is 4.35. The predicted octanol–water partition coefficient (Wildman–Crippen LogP) is 2.51. The summed E-state index contributed by atoms with van der Waals surface area (Å²) in [7, 11) is 1.52. The maximum Gasteiger partial charge on any atom is 0.209 e. The Balaban J connectivity index is 1.33. The highest BCUT2D eigenvalue weighted by molar-refractivity contribution is 5.83. The second-order valence-electron chi connectivity index (χ2n) is 9.55. The van der Waals surface area contributed by atoms with Crippen LogP contribution in [0.1, 0.15) is 29.4 Å². The lowest BCUT2D eigenvalue weighted by Crippen LogP contribution is -2.31. The van der Waals surface area contributed by atoms with Gasteiger partial charge in [-0.15, -0.1) is 0 Å². The van der Waals surface area contributed by atoms with Crippen molar-refractivity contribution in [2.24, 2.45) is 11.8 Å². The van der Waals surface area contributed by atoms with E-state index >= 15 is 0 Å². The first-order chi connectivity index (χ1) is 18.0. The third-order valence-corrected chi connectivity index (χ3v) is 7.25. The summed E-state index contributed by atoms with van der Waals surface area (Å²) >= 11 is 0. The molecule has 0 radical (unpaired) electrons. The zero-order valence-corrected chi connectivity index (χ0v) is 20.2. The molecule has 4 aromatic rings. The number of nitrogens with one attached hydrogen (secondary N) is 1. The van der Waals surface area contributed by atoms with Crippen LogP contribution in [0, 0.1) is 23.7 Å². The van der Waals surface area contributed by atoms with Crippen LogP contribution >= 0.6 is 0 Å². The number of benzene rings is 2. The molecule has 2 fully saturated rings. The van der Waals surface area contributed by atoms with Gasteiger partial charge in [0.2, 0.25) is 5.82 Å². The fraction of sp³-hybridized carbons (Fsp3) is 0.321. The Hall–Kier alpha value is -4.13. The molecule has 2 saturated carbocycles. The molecule has 2 heterocycles. The molecule has 2 aliphatic carbocycles. The van der Waals surface area contributed by atoms with Crippen molar-refractivity contribution in [3.63, 3.8) is 0 Å². The van der Waals surface area contributed by atoms with E-state index in [0.717, 1.165) is 17.5 Å². The van der Waals surface area contributed by atoms with E-state index in [1.54, 1.807) is 18.5 Å². The first-order valence-corrected chi connectivity index (χ1v) is 12.3. The number of aliphatic hydroxyl groups is 2. The lowest BCUT2D eigenvalue weighted by atomic mass is 10.1. The Morgan fingerprint density at radius 2 is 1.89 bits per heavy atom. The highest BCUT2D eigenvalue weighted by Gasteiger charge is 2.60. The number of aliphatic hydroxyl groups excluding tert-OH is 2. The van der Waals surface area contributed by atoms with Gasteiger partial charge in [-0.25, -0.2) is 15.0 Å². The Morgan fingerprint density at radius 1 is 1.05 bits per heavy atom. The molecular formula is C28H27N5O4. The zero-order chi connectivity index (χ0) is 25.5. The molecule has 37 heavy (non-hydrogen) atoms. The minimum absolute atomic E-state index is 0.0982. The summed E-state index contributed by atoms with van der Waals surface area (Å²) in [6.45, 7) is 0.550. The molecule has 4 N–H and O–H groups in total. The fourth-order valence-electron chi connectivity index (χ4n) is 5.27. The minimum atomic E-state index is -0.865. The summed E-state index contributed by atoms with van der Waals surface area (Å²) in [5.74, 6) is 7.91. The summed E-state index contributed by atoms with van der Waals surface area (Å²) in [4.78, 5) is 13.9. The Morgan fingerprint density at radius 3 is 2.65 bits per heavy atom. The molecule has 5 atom stereocenters. The van der Waals surface area contributed by atoms with Gasteiger partial charge in [-0.1, -0.05) is 30.2 Å². The van der Waals surface area contributed by atoms with E-state index in [1.165, 1.54) is 7.11 Å². The second-order valence-corrected chi connectivity index (χ2v) is 9.55. The van der Waals surface area contributed by atoms with E-state index in [2.05, 4.69) is 27.1 Å². The predicted molar refractivity (Wildman–Crippen MR) is 137 cm³/mol. The van der Waals surface area contributed by atoms with Crippen LogP contribution in [0.2, 0.25) is 0 Å². The van der Waals surface area contributed by atoms with Crippen molar-refractivity contribution in [3.05, 3.63) is 71.8 Å². The van der Waals surface area contributed by atoms with E-state index in [9.17, 15) is 15.3 Å². The minimum Gasteiger partial charge on any atom is -0.504 e. The molecule has 0 aliphatic heterocycles. The standard InChI is InChI=1S/C28H27N5O4/c1-37-21-13-17(7-9-20(21)34)11-12-29-27-23-28(32-22(31-27)10-8-16-5-3-2-4-6-16)33(15-30-23)24-18-14-19(18)25(35)26(24)36/h2-7,9,13,15,18-19,24-26,34-36H,11-12,14H2,1H3,(H,29,31,32)/t18-,19+,24+,25+,26-/m0/s1. The number of rotatable bonds is 6. The van der Waals surface area contributed by atoms with Gasteiger partial charge in [0, 0.05) is 12.1 Å². The van der Waals surface area contributed by atoms with Crippen molar-refractivity contribution in [2.45, 2.75) is 31.1 Å². The number of aromatic nitrogens is 4. The number of phenolic OH excluding ortho intramolecular Hbond substituents is 1. The molecule has 0 unspecified atom stereocenters. The van der Waals surface area contributed by atoms with Gasteiger partial charge in [-0.05, 0) is 60.4 Å². The fourth-order valence-corrected chi connectivity index (χ4v) is 5.27. The second kappa shape index (κ2) is 9.39. The number of phenols is 1. The van der Waals surface area contributed by atoms with Crippen LogP contribution in [-0.4, -0.2) is 60.7 Å². The third-order valence-electron chi connectivity index (χ3n) is 7.25. The molecule has 2 aliphatic rings. The van der Waals surface area contributed by atoms with E-state index in [0.29, 0.717) is 41.5 Å². The van der Waals surface area contributed by atoms with Crippen LogP contribution in [0.15, 0.2) is 54.9 Å². The number of hydrogen-bond acceptors (Lipinski definition) is 8. The van der Waals surface area contributed by atoms with Gasteiger partial charge in [-0.2, -0.15) is 0 Å². The van der Waals surface area contributed by atoms with Gasteiger partial charge in [0.25, 0.3) is 0 Å². The van der Waals surface area contributed by atoms with Crippen LogP contribution in [0.4, 0.5) is 5.82 Å². The number of imidazole rings is 1. The molecule has 9 heteroatoms. The summed E-state index contributed by atoms with van der Waals surface area (Å²) in [5, 5.41) is 34.3. The van der Waals surface area contributed by atoms with E-state index in [4.69, 9.17) is 9.72 Å². The molecule has 6 rings (SSSR count). The molecule has 2 aromatic heterocycles. The molecule has 0 bridgehead atoms. The number of aromatic hydroxyl groups is 1. The van der Waals surface area contributed by atoms with Gasteiger partial charge in [0.1, 0.15) is 6.10 Å². The van der Waals surface area contributed by atoms with Gasteiger partial charge < -0.3 is 29.9 Å². The van der Waals surface area contributed by atoms with Crippen molar-refractivity contribution >= 4 is 17.0 Å². The van der Waals surface area contributed by atoms with Gasteiger partial charge >= 0.3 is 0 Å².